The summed E-state index contributed by atoms with van der Waals surface area (Å²) in [5.74, 6) is -0.380. The lowest BCUT2D eigenvalue weighted by Gasteiger charge is -2.07. The van der Waals surface area contributed by atoms with Crippen LogP contribution in [0.5, 0.6) is 0 Å². The predicted octanol–water partition coefficient (Wildman–Crippen LogP) is 0.572. The molecule has 1 rings (SSSR count). The van der Waals surface area contributed by atoms with Crippen LogP contribution >= 0.6 is 0 Å². The van der Waals surface area contributed by atoms with E-state index in [1.54, 1.807) is 0 Å². The zero-order chi connectivity index (χ0) is 7.56. The molecule has 0 aromatic carbocycles. The lowest BCUT2D eigenvalue weighted by Crippen LogP contribution is -2.16. The second-order valence-corrected chi connectivity index (χ2v) is 2.22. The summed E-state index contributed by atoms with van der Waals surface area (Å²) in [5, 5.41) is 17.2. The monoisotopic (exact) mass is 142 g/mol. The summed E-state index contributed by atoms with van der Waals surface area (Å²) < 4.78 is 12.4. The highest BCUT2D eigenvalue weighted by Crippen LogP contribution is 2.18. The summed E-state index contributed by atoms with van der Waals surface area (Å²) in [5.41, 5.74) is 0.347. The highest BCUT2D eigenvalue weighted by atomic mass is 19.1. The molecule has 1 aliphatic rings. The predicted molar refractivity (Wildman–Crippen MR) is 36.7 cm³/mol. The Kier molecular flexibility index (Phi) is 2.24. The van der Waals surface area contributed by atoms with Gasteiger partial charge in [-0.15, -0.1) is 0 Å². The van der Waals surface area contributed by atoms with Gasteiger partial charge in [0.1, 0.15) is 5.83 Å². The van der Waals surface area contributed by atoms with Crippen LogP contribution in [0.25, 0.3) is 0 Å². The molecule has 54 valence electrons. The fraction of sp³-hybridized carbons (Fsp3) is 0.333. The molecule has 0 spiro atoms. The molecular weight excluding hydrogens is 134 g/mol. The van der Waals surface area contributed by atoms with E-state index in [4.69, 9.17) is 10.0 Å². The van der Waals surface area contributed by atoms with E-state index < -0.39 is 7.12 Å². The normalized spacial score (nSPS) is 17.9. The Morgan fingerprint density at radius 3 is 2.60 bits per heavy atom. The number of allylic oxidation sites excluding steroid dienone is 4. The van der Waals surface area contributed by atoms with E-state index in [0.29, 0.717) is 18.3 Å². The van der Waals surface area contributed by atoms with Crippen molar-refractivity contribution in [2.24, 2.45) is 0 Å². The molecule has 0 radical (unpaired) electrons. The summed E-state index contributed by atoms with van der Waals surface area (Å²) in [6, 6.07) is 0. The maximum Gasteiger partial charge on any atom is 0.484 e. The third kappa shape index (κ3) is 1.69. The molecule has 1 aliphatic carbocycles. The zero-order valence-electron chi connectivity index (χ0n) is 5.42. The molecule has 0 amide bonds. The Morgan fingerprint density at radius 1 is 1.50 bits per heavy atom. The Hall–Kier alpha value is -0.605. The molecule has 4 heteroatoms. The van der Waals surface area contributed by atoms with E-state index in [0.717, 1.165) is 6.08 Å². The molecule has 0 atom stereocenters. The maximum absolute atomic E-state index is 12.4. The minimum Gasteiger partial charge on any atom is -0.423 e. The fourth-order valence-corrected chi connectivity index (χ4v) is 0.889. The first-order valence-electron chi connectivity index (χ1n) is 3.12. The van der Waals surface area contributed by atoms with Gasteiger partial charge in [0, 0.05) is 0 Å². The first-order chi connectivity index (χ1) is 4.70. The van der Waals surface area contributed by atoms with Crippen molar-refractivity contribution >= 4 is 7.12 Å². The summed E-state index contributed by atoms with van der Waals surface area (Å²) >= 11 is 0. The SMILES string of the molecule is OB(O)C1=CC(F)=CCC1. The average molecular weight is 142 g/mol. The van der Waals surface area contributed by atoms with Gasteiger partial charge in [-0.1, -0.05) is 0 Å². The minimum atomic E-state index is -1.50. The van der Waals surface area contributed by atoms with Crippen LogP contribution in [0.3, 0.4) is 0 Å². The Balaban J connectivity index is 2.69. The smallest absolute Gasteiger partial charge is 0.423 e. The molecule has 2 nitrogen and oxygen atoms in total. The van der Waals surface area contributed by atoms with Gasteiger partial charge in [-0.3, -0.25) is 0 Å². The van der Waals surface area contributed by atoms with Gasteiger partial charge in [-0.2, -0.15) is 0 Å². The Morgan fingerprint density at radius 2 is 2.20 bits per heavy atom. The molecule has 0 aliphatic heterocycles. The van der Waals surface area contributed by atoms with E-state index in [1.165, 1.54) is 6.08 Å². The number of hydrogen-bond acceptors (Lipinski definition) is 2. The molecule has 0 saturated heterocycles. The lowest BCUT2D eigenvalue weighted by atomic mass is 9.75. The van der Waals surface area contributed by atoms with E-state index in [1.807, 2.05) is 0 Å². The van der Waals surface area contributed by atoms with Crippen LogP contribution < -0.4 is 0 Å². The summed E-state index contributed by atoms with van der Waals surface area (Å²) in [4.78, 5) is 0. The van der Waals surface area contributed by atoms with Crippen LogP contribution in [0.2, 0.25) is 0 Å². The summed E-state index contributed by atoms with van der Waals surface area (Å²) in [7, 11) is -1.50. The minimum absolute atomic E-state index is 0.347. The second kappa shape index (κ2) is 2.99. The summed E-state index contributed by atoms with van der Waals surface area (Å²) in [6.07, 6.45) is 3.67. The molecule has 0 saturated carbocycles. The van der Waals surface area contributed by atoms with Crippen LogP contribution in [0.4, 0.5) is 4.39 Å². The molecule has 0 unspecified atom stereocenters. The van der Waals surface area contributed by atoms with Crippen LogP contribution in [-0.2, 0) is 0 Å². The van der Waals surface area contributed by atoms with Crippen LogP contribution in [0, 0.1) is 0 Å². The van der Waals surface area contributed by atoms with Gasteiger partial charge < -0.3 is 10.0 Å². The number of halogens is 1. The molecule has 0 heterocycles. The highest BCUT2D eigenvalue weighted by Gasteiger charge is 2.16. The summed E-state index contributed by atoms with van der Waals surface area (Å²) in [6.45, 7) is 0. The second-order valence-electron chi connectivity index (χ2n) is 2.22. The van der Waals surface area contributed by atoms with Gasteiger partial charge in [0.05, 0.1) is 0 Å². The molecular formula is C6H8BFO2. The third-order valence-corrected chi connectivity index (χ3v) is 1.43. The third-order valence-electron chi connectivity index (χ3n) is 1.43. The van der Waals surface area contributed by atoms with Crippen LogP contribution in [0.1, 0.15) is 12.8 Å². The van der Waals surface area contributed by atoms with Crippen LogP contribution in [0.15, 0.2) is 23.5 Å². The van der Waals surface area contributed by atoms with Crippen molar-refractivity contribution in [1.29, 1.82) is 0 Å². The lowest BCUT2D eigenvalue weighted by molar-refractivity contribution is 0.415. The molecule has 0 bridgehead atoms. The quantitative estimate of drug-likeness (QED) is 0.525. The first kappa shape index (κ1) is 7.50. The molecule has 10 heavy (non-hydrogen) atoms. The first-order valence-corrected chi connectivity index (χ1v) is 3.12. The number of rotatable bonds is 1. The molecule has 0 fully saturated rings. The topological polar surface area (TPSA) is 40.5 Å². The van der Waals surface area contributed by atoms with E-state index in [-0.39, 0.29) is 5.83 Å². The van der Waals surface area contributed by atoms with Gasteiger partial charge in [0.2, 0.25) is 0 Å². The van der Waals surface area contributed by atoms with Gasteiger partial charge in [0.15, 0.2) is 0 Å². The average Bonchev–Trinajstić information content (AvgIpc) is 1.88. The highest BCUT2D eigenvalue weighted by molar-refractivity contribution is 6.50. The number of hydrogen-bond donors (Lipinski definition) is 2. The maximum atomic E-state index is 12.4. The van der Waals surface area contributed by atoms with Gasteiger partial charge >= 0.3 is 7.12 Å². The van der Waals surface area contributed by atoms with Crippen molar-refractivity contribution in [3.8, 4) is 0 Å². The molecule has 0 aromatic rings. The fourth-order valence-electron chi connectivity index (χ4n) is 0.889. The Labute approximate surface area is 58.8 Å². The largest absolute Gasteiger partial charge is 0.484 e. The van der Waals surface area contributed by atoms with Crippen molar-refractivity contribution < 1.29 is 14.4 Å². The van der Waals surface area contributed by atoms with E-state index in [9.17, 15) is 4.39 Å². The van der Waals surface area contributed by atoms with Gasteiger partial charge in [-0.05, 0) is 30.5 Å². The zero-order valence-corrected chi connectivity index (χ0v) is 5.42. The van der Waals surface area contributed by atoms with Crippen molar-refractivity contribution in [2.45, 2.75) is 12.8 Å². The Bertz CT molecular complexity index is 186. The van der Waals surface area contributed by atoms with Crippen molar-refractivity contribution in [1.82, 2.24) is 0 Å². The van der Waals surface area contributed by atoms with Gasteiger partial charge in [0.25, 0.3) is 0 Å². The van der Waals surface area contributed by atoms with Gasteiger partial charge in [-0.25, -0.2) is 4.39 Å². The van der Waals surface area contributed by atoms with Crippen molar-refractivity contribution in [3.63, 3.8) is 0 Å². The van der Waals surface area contributed by atoms with Crippen LogP contribution in [-0.4, -0.2) is 17.2 Å². The van der Waals surface area contributed by atoms with E-state index in [2.05, 4.69) is 0 Å². The molecule has 0 aromatic heterocycles. The van der Waals surface area contributed by atoms with Crippen molar-refractivity contribution in [2.75, 3.05) is 0 Å². The van der Waals surface area contributed by atoms with Crippen molar-refractivity contribution in [3.05, 3.63) is 23.5 Å². The molecule has 2 N–H and O–H groups in total. The standard InChI is InChI=1S/C6H8BFO2/c8-6-3-1-2-5(4-6)7(9)10/h3-4,9-10H,1-2H2. The van der Waals surface area contributed by atoms with E-state index >= 15 is 0 Å².